The van der Waals surface area contributed by atoms with E-state index in [9.17, 15) is 9.18 Å². The molecule has 7 nitrogen and oxygen atoms in total. The van der Waals surface area contributed by atoms with Crippen LogP contribution in [0.3, 0.4) is 0 Å². The molecule has 0 radical (unpaired) electrons. The molecule has 1 aliphatic rings. The summed E-state index contributed by atoms with van der Waals surface area (Å²) in [5.41, 5.74) is 3.36. The molecule has 1 aliphatic heterocycles. The van der Waals surface area contributed by atoms with Crippen LogP contribution in [0.25, 0.3) is 0 Å². The largest absolute Gasteiger partial charge is 0.399 e. The van der Waals surface area contributed by atoms with E-state index in [4.69, 9.17) is 16.3 Å². The highest BCUT2D eigenvalue weighted by molar-refractivity contribution is 6.33. The molecule has 1 aromatic carbocycles. The average molecular weight is 331 g/mol. The predicted octanol–water partition coefficient (Wildman–Crippen LogP) is 1.19. The topological polar surface area (TPSA) is 75.2 Å². The second kappa shape index (κ2) is 8.04. The molecule has 1 fully saturated rings. The van der Waals surface area contributed by atoms with Crippen LogP contribution in [0.5, 0.6) is 0 Å². The molecular weight excluding hydrogens is 315 g/mol. The van der Waals surface area contributed by atoms with Gasteiger partial charge in [-0.2, -0.15) is 0 Å². The van der Waals surface area contributed by atoms with E-state index < -0.39 is 5.82 Å². The Bertz CT molecular complexity index is 564. The minimum atomic E-state index is -0.622. The van der Waals surface area contributed by atoms with Crippen LogP contribution < -0.4 is 10.7 Å². The maximum Gasteiger partial charge on any atom is 0.240 e. The number of ether oxygens (including phenoxy) is 1. The number of oxime groups is 1. The van der Waals surface area contributed by atoms with Crippen molar-refractivity contribution in [3.05, 3.63) is 28.5 Å². The molecule has 1 aromatic rings. The molecule has 2 rings (SSSR count). The number of anilines is 1. The Balaban J connectivity index is 2.04. The summed E-state index contributed by atoms with van der Waals surface area (Å²) >= 11 is 5.90. The van der Waals surface area contributed by atoms with Gasteiger partial charge in [0.25, 0.3) is 0 Å². The third kappa shape index (κ3) is 4.63. The second-order valence-corrected chi connectivity index (χ2v) is 4.86. The number of halogens is 2. The van der Waals surface area contributed by atoms with Crippen LogP contribution >= 0.6 is 11.6 Å². The van der Waals surface area contributed by atoms with Crippen molar-refractivity contribution in [2.24, 2.45) is 5.16 Å². The lowest BCUT2D eigenvalue weighted by Gasteiger charge is -2.26. The Kier molecular flexibility index (Phi) is 6.08. The van der Waals surface area contributed by atoms with Gasteiger partial charge in [0.2, 0.25) is 5.91 Å². The summed E-state index contributed by atoms with van der Waals surface area (Å²) < 4.78 is 19.0. The first-order valence-electron chi connectivity index (χ1n) is 6.52. The Morgan fingerprint density at radius 3 is 3.18 bits per heavy atom. The zero-order valence-corrected chi connectivity index (χ0v) is 12.7. The van der Waals surface area contributed by atoms with Gasteiger partial charge >= 0.3 is 0 Å². The van der Waals surface area contributed by atoms with Gasteiger partial charge in [-0.05, 0) is 12.1 Å². The van der Waals surface area contributed by atoms with Crippen molar-refractivity contribution < 1.29 is 18.8 Å². The van der Waals surface area contributed by atoms with Gasteiger partial charge in [-0.25, -0.2) is 14.8 Å². The molecule has 1 heterocycles. The van der Waals surface area contributed by atoms with E-state index in [1.165, 1.54) is 19.4 Å². The number of amides is 1. The van der Waals surface area contributed by atoms with E-state index in [2.05, 4.69) is 20.7 Å². The number of benzene rings is 1. The highest BCUT2D eigenvalue weighted by Crippen LogP contribution is 2.23. The maximum absolute atomic E-state index is 13.9. The molecule has 0 aromatic heterocycles. The van der Waals surface area contributed by atoms with Gasteiger partial charge in [0, 0.05) is 12.1 Å². The van der Waals surface area contributed by atoms with Gasteiger partial charge in [0.1, 0.15) is 19.7 Å². The summed E-state index contributed by atoms with van der Waals surface area (Å²) in [6, 6.07) is 2.51. The smallest absolute Gasteiger partial charge is 0.240 e. The van der Waals surface area contributed by atoms with Crippen LogP contribution in [-0.4, -0.2) is 50.7 Å². The first-order valence-corrected chi connectivity index (χ1v) is 6.89. The van der Waals surface area contributed by atoms with Gasteiger partial charge in [-0.3, -0.25) is 4.79 Å². The summed E-state index contributed by atoms with van der Waals surface area (Å²) in [6.45, 7) is 1.53. The van der Waals surface area contributed by atoms with Gasteiger partial charge in [0.15, 0.2) is 0 Å². The van der Waals surface area contributed by atoms with E-state index >= 15 is 0 Å². The zero-order chi connectivity index (χ0) is 15.9. The number of nitrogens with zero attached hydrogens (tertiary/aromatic N) is 2. The first-order chi connectivity index (χ1) is 10.6. The molecule has 22 heavy (non-hydrogen) atoms. The van der Waals surface area contributed by atoms with Gasteiger partial charge in [-0.1, -0.05) is 16.8 Å². The lowest BCUT2D eigenvalue weighted by molar-refractivity contribution is -0.120. The Morgan fingerprint density at radius 2 is 2.50 bits per heavy atom. The highest BCUT2D eigenvalue weighted by Gasteiger charge is 2.16. The van der Waals surface area contributed by atoms with E-state index in [-0.39, 0.29) is 23.2 Å². The molecule has 0 bridgehead atoms. The predicted molar refractivity (Wildman–Crippen MR) is 80.2 cm³/mol. The lowest BCUT2D eigenvalue weighted by atomic mass is 10.2. The van der Waals surface area contributed by atoms with Gasteiger partial charge in [0.05, 0.1) is 30.1 Å². The van der Waals surface area contributed by atoms with Crippen LogP contribution in [0.15, 0.2) is 17.3 Å². The number of carbonyl (C=O) groups is 1. The third-order valence-electron chi connectivity index (χ3n) is 2.89. The molecule has 0 unspecified atom stereocenters. The first kappa shape index (κ1) is 16.6. The van der Waals surface area contributed by atoms with Crippen molar-refractivity contribution >= 4 is 29.4 Å². The van der Waals surface area contributed by atoms with Crippen molar-refractivity contribution in [1.29, 1.82) is 0 Å². The van der Waals surface area contributed by atoms with Gasteiger partial charge in [-0.15, -0.1) is 0 Å². The van der Waals surface area contributed by atoms with Crippen LogP contribution in [0.1, 0.15) is 5.56 Å². The van der Waals surface area contributed by atoms with Crippen molar-refractivity contribution in [3.8, 4) is 0 Å². The molecule has 0 saturated carbocycles. The van der Waals surface area contributed by atoms with E-state index in [1.54, 1.807) is 5.01 Å². The number of hydrazine groups is 1. The van der Waals surface area contributed by atoms with E-state index in [1.807, 2.05) is 0 Å². The fraction of sp³-hybridized carbons (Fsp3) is 0.385. The molecule has 1 saturated heterocycles. The number of hydrogen-bond acceptors (Lipinski definition) is 6. The van der Waals surface area contributed by atoms with Crippen LogP contribution in [0.2, 0.25) is 5.02 Å². The van der Waals surface area contributed by atoms with E-state index in [0.29, 0.717) is 25.4 Å². The fourth-order valence-corrected chi connectivity index (χ4v) is 2.03. The van der Waals surface area contributed by atoms with Crippen LogP contribution in [-0.2, 0) is 14.4 Å². The number of nitrogens with one attached hydrogen (secondary N) is 2. The number of hydrogen-bond donors (Lipinski definition) is 2. The minimum absolute atomic E-state index is 0.0280. The Labute approximate surface area is 132 Å². The van der Waals surface area contributed by atoms with Crippen molar-refractivity contribution in [2.75, 3.05) is 38.9 Å². The molecule has 9 heteroatoms. The molecular formula is C13H16ClFN4O3. The summed E-state index contributed by atoms with van der Waals surface area (Å²) in [5.74, 6) is -0.979. The summed E-state index contributed by atoms with van der Waals surface area (Å²) in [6.07, 6.45) is 1.33. The number of rotatable bonds is 5. The fourth-order valence-electron chi connectivity index (χ4n) is 1.83. The normalized spacial score (nSPS) is 16.0. The Morgan fingerprint density at radius 1 is 1.68 bits per heavy atom. The van der Waals surface area contributed by atoms with Crippen molar-refractivity contribution in [2.45, 2.75) is 0 Å². The summed E-state index contributed by atoms with van der Waals surface area (Å²) in [7, 11) is 1.38. The van der Waals surface area contributed by atoms with Crippen molar-refractivity contribution in [1.82, 2.24) is 10.4 Å². The monoisotopic (exact) mass is 330 g/mol. The molecule has 2 N–H and O–H groups in total. The second-order valence-electron chi connectivity index (χ2n) is 4.45. The molecule has 120 valence electrons. The SMILES string of the molecule is CON=Cc1cc(NC(=O)CN2CCOCN2)c(F)cc1Cl. The number of carbonyl (C=O) groups excluding carboxylic acids is 1. The Hall–Kier alpha value is -1.74. The van der Waals surface area contributed by atoms with E-state index in [0.717, 1.165) is 6.07 Å². The lowest BCUT2D eigenvalue weighted by Crippen LogP contribution is -2.49. The van der Waals surface area contributed by atoms with Gasteiger partial charge < -0.3 is 14.9 Å². The minimum Gasteiger partial charge on any atom is -0.399 e. The van der Waals surface area contributed by atoms with Crippen LogP contribution in [0.4, 0.5) is 10.1 Å². The highest BCUT2D eigenvalue weighted by atomic mass is 35.5. The third-order valence-corrected chi connectivity index (χ3v) is 3.22. The molecule has 1 amide bonds. The summed E-state index contributed by atoms with van der Waals surface area (Å²) in [4.78, 5) is 16.5. The average Bonchev–Trinajstić information content (AvgIpc) is 2.50. The molecule has 0 atom stereocenters. The maximum atomic E-state index is 13.9. The van der Waals surface area contributed by atoms with Crippen LogP contribution in [0, 0.1) is 5.82 Å². The zero-order valence-electron chi connectivity index (χ0n) is 11.9. The molecule has 0 spiro atoms. The standard InChI is InChI=1S/C13H16ClFN4O3/c1-21-17-6-9-4-12(11(15)5-10(9)14)18-13(20)7-19-2-3-22-8-16-19/h4-6,16H,2-3,7-8H2,1H3,(H,18,20). The molecule has 0 aliphatic carbocycles. The quantitative estimate of drug-likeness (QED) is 0.626. The summed E-state index contributed by atoms with van der Waals surface area (Å²) in [5, 5.41) is 7.94. The van der Waals surface area contributed by atoms with Crippen molar-refractivity contribution in [3.63, 3.8) is 0 Å².